The van der Waals surface area contributed by atoms with E-state index in [9.17, 15) is 19.8 Å². The van der Waals surface area contributed by atoms with Gasteiger partial charge in [-0.25, -0.2) is 0 Å². The average molecular weight is 383 g/mol. The fourth-order valence-corrected chi connectivity index (χ4v) is 3.27. The number of likely N-dealkylation sites (tertiary alicyclic amines) is 1. The summed E-state index contributed by atoms with van der Waals surface area (Å²) in [7, 11) is 2.86. The Labute approximate surface area is 162 Å². The number of phenols is 1. The minimum absolute atomic E-state index is 0.0159. The molecule has 146 valence electrons. The van der Waals surface area contributed by atoms with Gasteiger partial charge in [0, 0.05) is 19.8 Å². The quantitative estimate of drug-likeness (QED) is 0.344. The number of aliphatic hydroxyl groups excluding tert-OH is 1. The van der Waals surface area contributed by atoms with Crippen LogP contribution in [-0.2, 0) is 19.1 Å². The van der Waals surface area contributed by atoms with Crippen molar-refractivity contribution in [3.63, 3.8) is 0 Å². The highest BCUT2D eigenvalue weighted by Crippen LogP contribution is 2.40. The van der Waals surface area contributed by atoms with Gasteiger partial charge in [0.2, 0.25) is 0 Å². The third-order valence-electron chi connectivity index (χ3n) is 4.64. The molecule has 1 atom stereocenters. The first-order valence-electron chi connectivity index (χ1n) is 8.66. The van der Waals surface area contributed by atoms with Gasteiger partial charge >= 0.3 is 0 Å². The van der Waals surface area contributed by atoms with Gasteiger partial charge in [0.25, 0.3) is 11.7 Å². The second-order valence-corrected chi connectivity index (χ2v) is 6.31. The van der Waals surface area contributed by atoms with E-state index in [0.29, 0.717) is 11.1 Å². The first-order valence-corrected chi connectivity index (χ1v) is 8.66. The SMILES string of the molecule is COC(CN1C(=O)C(=O)C(=C(O)c2ccccc2)[C@H]1c1cccc(O)c1)OC. The lowest BCUT2D eigenvalue weighted by Crippen LogP contribution is -2.38. The van der Waals surface area contributed by atoms with Gasteiger partial charge in [-0.2, -0.15) is 0 Å². The fourth-order valence-electron chi connectivity index (χ4n) is 3.27. The van der Waals surface area contributed by atoms with Crippen molar-refractivity contribution >= 4 is 17.4 Å². The van der Waals surface area contributed by atoms with Gasteiger partial charge in [-0.05, 0) is 17.7 Å². The molecule has 1 aliphatic heterocycles. The molecule has 0 aromatic heterocycles. The number of Topliss-reactive ketones (excluding diaryl/α,β-unsaturated/α-hetero) is 1. The van der Waals surface area contributed by atoms with E-state index in [4.69, 9.17) is 9.47 Å². The first-order chi connectivity index (χ1) is 13.5. The van der Waals surface area contributed by atoms with E-state index in [-0.39, 0.29) is 23.6 Å². The standard InChI is InChI=1S/C21H21NO6/c1-27-16(28-2)12-22-18(14-9-6-10-15(23)11-14)17(20(25)21(22)26)19(24)13-7-4-3-5-8-13/h3-11,16,18,23-24H,12H2,1-2H3/t18-/m1/s1. The Morgan fingerprint density at radius 2 is 1.75 bits per heavy atom. The number of carbonyl (C=O) groups excluding carboxylic acids is 2. The number of amides is 1. The Morgan fingerprint density at radius 1 is 1.07 bits per heavy atom. The van der Waals surface area contributed by atoms with Gasteiger partial charge in [-0.1, -0.05) is 42.5 Å². The van der Waals surface area contributed by atoms with E-state index in [0.717, 1.165) is 0 Å². The molecule has 0 radical (unpaired) electrons. The van der Waals surface area contributed by atoms with E-state index < -0.39 is 24.0 Å². The van der Waals surface area contributed by atoms with Crippen LogP contribution in [0.2, 0.25) is 0 Å². The molecule has 0 aliphatic carbocycles. The van der Waals surface area contributed by atoms with Crippen LogP contribution in [0.3, 0.4) is 0 Å². The van der Waals surface area contributed by atoms with Gasteiger partial charge in [0.15, 0.2) is 6.29 Å². The minimum atomic E-state index is -0.889. The molecule has 1 heterocycles. The van der Waals surface area contributed by atoms with Crippen LogP contribution in [0, 0.1) is 0 Å². The predicted molar refractivity (Wildman–Crippen MR) is 101 cm³/mol. The minimum Gasteiger partial charge on any atom is -0.508 e. The lowest BCUT2D eigenvalue weighted by Gasteiger charge is -2.28. The second kappa shape index (κ2) is 8.24. The lowest BCUT2D eigenvalue weighted by atomic mass is 9.95. The molecule has 0 saturated carbocycles. The van der Waals surface area contributed by atoms with Crippen LogP contribution in [0.1, 0.15) is 17.2 Å². The largest absolute Gasteiger partial charge is 0.508 e. The van der Waals surface area contributed by atoms with Crippen LogP contribution < -0.4 is 0 Å². The third-order valence-corrected chi connectivity index (χ3v) is 4.64. The molecule has 0 spiro atoms. The van der Waals surface area contributed by atoms with E-state index >= 15 is 0 Å². The Hall–Kier alpha value is -3.16. The average Bonchev–Trinajstić information content (AvgIpc) is 2.96. The maximum absolute atomic E-state index is 12.8. The summed E-state index contributed by atoms with van der Waals surface area (Å²) in [6, 6.07) is 13.9. The van der Waals surface area contributed by atoms with Crippen LogP contribution in [0.4, 0.5) is 0 Å². The van der Waals surface area contributed by atoms with Crippen molar-refractivity contribution in [1.82, 2.24) is 4.90 Å². The topological polar surface area (TPSA) is 96.3 Å². The predicted octanol–water partition coefficient (Wildman–Crippen LogP) is 2.43. The number of carbonyl (C=O) groups is 2. The number of aromatic hydroxyl groups is 1. The molecule has 0 unspecified atom stereocenters. The van der Waals surface area contributed by atoms with Crippen LogP contribution in [0.15, 0.2) is 60.2 Å². The van der Waals surface area contributed by atoms with Crippen LogP contribution in [-0.4, -0.2) is 53.9 Å². The van der Waals surface area contributed by atoms with Crippen molar-refractivity contribution in [3.8, 4) is 5.75 Å². The van der Waals surface area contributed by atoms with Crippen LogP contribution in [0.5, 0.6) is 5.75 Å². The summed E-state index contributed by atoms with van der Waals surface area (Å²) in [6.45, 7) is -0.0243. The van der Waals surface area contributed by atoms with E-state index in [1.165, 1.54) is 31.3 Å². The smallest absolute Gasteiger partial charge is 0.295 e. The summed E-state index contributed by atoms with van der Waals surface area (Å²) < 4.78 is 10.4. The van der Waals surface area contributed by atoms with Crippen molar-refractivity contribution in [3.05, 3.63) is 71.3 Å². The summed E-state index contributed by atoms with van der Waals surface area (Å²) in [5, 5.41) is 20.7. The molecule has 28 heavy (non-hydrogen) atoms. The van der Waals surface area contributed by atoms with E-state index in [1.54, 1.807) is 42.5 Å². The molecule has 3 rings (SSSR count). The molecule has 1 aliphatic rings. The van der Waals surface area contributed by atoms with Crippen molar-refractivity contribution < 1.29 is 29.3 Å². The Kier molecular flexibility index (Phi) is 5.77. The van der Waals surface area contributed by atoms with Crippen molar-refractivity contribution in [2.75, 3.05) is 20.8 Å². The molecular weight excluding hydrogens is 362 g/mol. The Morgan fingerprint density at radius 3 is 2.36 bits per heavy atom. The molecule has 1 fully saturated rings. The molecule has 2 aromatic rings. The van der Waals surface area contributed by atoms with Crippen LogP contribution >= 0.6 is 0 Å². The number of nitrogens with zero attached hydrogens (tertiary/aromatic N) is 1. The highest BCUT2D eigenvalue weighted by molar-refractivity contribution is 6.46. The number of aliphatic hydroxyl groups is 1. The van der Waals surface area contributed by atoms with Crippen molar-refractivity contribution in [2.45, 2.75) is 12.3 Å². The number of hydrogen-bond donors (Lipinski definition) is 2. The summed E-state index contributed by atoms with van der Waals surface area (Å²) in [4.78, 5) is 26.8. The van der Waals surface area contributed by atoms with Gasteiger partial charge in [-0.3, -0.25) is 9.59 Å². The molecule has 2 aromatic carbocycles. The summed E-state index contributed by atoms with van der Waals surface area (Å²) in [6.07, 6.45) is -0.755. The maximum Gasteiger partial charge on any atom is 0.295 e. The molecule has 2 N–H and O–H groups in total. The van der Waals surface area contributed by atoms with E-state index in [2.05, 4.69) is 0 Å². The number of ketones is 1. The zero-order chi connectivity index (χ0) is 20.3. The number of benzene rings is 2. The fraction of sp³-hybridized carbons (Fsp3) is 0.238. The van der Waals surface area contributed by atoms with Gasteiger partial charge in [0.1, 0.15) is 11.5 Å². The molecule has 1 amide bonds. The number of phenolic OH excluding ortho intramolecular Hbond substituents is 1. The summed E-state index contributed by atoms with van der Waals surface area (Å²) in [5.74, 6) is -1.87. The number of methoxy groups -OCH3 is 2. The first kappa shape index (κ1) is 19.6. The highest BCUT2D eigenvalue weighted by Gasteiger charge is 2.46. The van der Waals surface area contributed by atoms with Crippen LogP contribution in [0.25, 0.3) is 5.76 Å². The van der Waals surface area contributed by atoms with Gasteiger partial charge < -0.3 is 24.6 Å². The molecule has 1 saturated heterocycles. The lowest BCUT2D eigenvalue weighted by molar-refractivity contribution is -0.149. The molecular formula is C21H21NO6. The zero-order valence-corrected chi connectivity index (χ0v) is 15.5. The molecule has 0 bridgehead atoms. The van der Waals surface area contributed by atoms with Gasteiger partial charge in [0.05, 0.1) is 18.2 Å². The van der Waals surface area contributed by atoms with Gasteiger partial charge in [-0.15, -0.1) is 0 Å². The summed E-state index contributed by atoms with van der Waals surface area (Å²) in [5.41, 5.74) is 0.857. The molecule has 7 heteroatoms. The van der Waals surface area contributed by atoms with Crippen molar-refractivity contribution in [2.24, 2.45) is 0 Å². The Balaban J connectivity index is 2.16. The monoisotopic (exact) mass is 383 g/mol. The summed E-state index contributed by atoms with van der Waals surface area (Å²) >= 11 is 0. The number of ether oxygens (including phenoxy) is 2. The Bertz CT molecular complexity index is 904. The zero-order valence-electron chi connectivity index (χ0n) is 15.5. The maximum atomic E-state index is 12.8. The number of rotatable bonds is 6. The second-order valence-electron chi connectivity index (χ2n) is 6.31. The molecule has 7 nitrogen and oxygen atoms in total. The third kappa shape index (κ3) is 3.62. The normalized spacial score (nSPS) is 18.8. The van der Waals surface area contributed by atoms with Crippen molar-refractivity contribution in [1.29, 1.82) is 0 Å². The van der Waals surface area contributed by atoms with E-state index in [1.807, 2.05) is 0 Å². The number of hydrogen-bond acceptors (Lipinski definition) is 6. The highest BCUT2D eigenvalue weighted by atomic mass is 16.7.